The van der Waals surface area contributed by atoms with Gasteiger partial charge in [0.1, 0.15) is 0 Å². The summed E-state index contributed by atoms with van der Waals surface area (Å²) in [5, 5.41) is 2.94. The van der Waals surface area contributed by atoms with Crippen molar-refractivity contribution in [1.82, 2.24) is 0 Å². The highest BCUT2D eigenvalue weighted by Gasteiger charge is 2.20. The molecule has 3 N–H and O–H groups in total. The number of carbonyl (C=O) groups excluding carboxylic acids is 1. The van der Waals surface area contributed by atoms with Gasteiger partial charge in [-0.1, -0.05) is 6.92 Å². The maximum Gasteiger partial charge on any atom is 0.224 e. The van der Waals surface area contributed by atoms with E-state index in [-0.39, 0.29) is 5.91 Å². The summed E-state index contributed by atoms with van der Waals surface area (Å²) >= 11 is 1.84. The molecule has 0 spiro atoms. The van der Waals surface area contributed by atoms with Crippen molar-refractivity contribution < 1.29 is 4.79 Å². The van der Waals surface area contributed by atoms with Gasteiger partial charge >= 0.3 is 0 Å². The summed E-state index contributed by atoms with van der Waals surface area (Å²) in [7, 11) is 2.08. The van der Waals surface area contributed by atoms with Crippen LogP contribution < -0.4 is 16.0 Å². The number of nitrogens with zero attached hydrogens (tertiary/aromatic N) is 1. The molecule has 1 aliphatic heterocycles. The van der Waals surface area contributed by atoms with Crippen LogP contribution in [0.15, 0.2) is 12.1 Å². The highest BCUT2D eigenvalue weighted by molar-refractivity contribution is 7.98. The molecule has 0 aromatic heterocycles. The molecule has 2 rings (SSSR count). The summed E-state index contributed by atoms with van der Waals surface area (Å²) in [6.45, 7) is 2.19. The van der Waals surface area contributed by atoms with Crippen LogP contribution in [0.5, 0.6) is 0 Å². The number of carbonyl (C=O) groups is 1. The summed E-state index contributed by atoms with van der Waals surface area (Å²) in [6, 6.07) is 4.47. The Morgan fingerprint density at radius 3 is 2.85 bits per heavy atom. The molecule has 1 aromatic rings. The van der Waals surface area contributed by atoms with E-state index in [0.29, 0.717) is 12.5 Å². The lowest BCUT2D eigenvalue weighted by Crippen LogP contribution is -2.34. The van der Waals surface area contributed by atoms with Crippen molar-refractivity contribution in [2.24, 2.45) is 0 Å². The molecule has 110 valence electrons. The topological polar surface area (TPSA) is 58.4 Å². The average molecular weight is 293 g/mol. The molecular weight excluding hydrogens is 270 g/mol. The van der Waals surface area contributed by atoms with E-state index in [2.05, 4.69) is 30.4 Å². The Labute approximate surface area is 125 Å². The molecule has 1 unspecified atom stereocenters. The van der Waals surface area contributed by atoms with Gasteiger partial charge in [0.25, 0.3) is 0 Å². The number of benzene rings is 1. The number of nitrogens with one attached hydrogen (secondary N) is 1. The van der Waals surface area contributed by atoms with Crippen molar-refractivity contribution in [3.05, 3.63) is 17.7 Å². The number of thioether (sulfide) groups is 1. The summed E-state index contributed by atoms with van der Waals surface area (Å²) < 4.78 is 0. The molecule has 1 amide bonds. The van der Waals surface area contributed by atoms with Crippen LogP contribution in [0.2, 0.25) is 0 Å². The van der Waals surface area contributed by atoms with Gasteiger partial charge in [0, 0.05) is 31.0 Å². The quantitative estimate of drug-likeness (QED) is 0.820. The van der Waals surface area contributed by atoms with Crippen LogP contribution in [0.3, 0.4) is 0 Å². The molecular formula is C15H23N3OS. The van der Waals surface area contributed by atoms with Crippen LogP contribution in [-0.2, 0) is 11.2 Å². The van der Waals surface area contributed by atoms with Gasteiger partial charge in [-0.25, -0.2) is 0 Å². The van der Waals surface area contributed by atoms with Crippen LogP contribution in [-0.4, -0.2) is 31.0 Å². The first-order chi connectivity index (χ1) is 9.56. The maximum atomic E-state index is 11.5. The number of nitrogen functional groups attached to an aromatic ring is 1. The van der Waals surface area contributed by atoms with Crippen LogP contribution >= 0.6 is 11.8 Å². The fraction of sp³-hybridized carbons (Fsp3) is 0.533. The maximum absolute atomic E-state index is 11.5. The molecule has 1 heterocycles. The lowest BCUT2D eigenvalue weighted by atomic mass is 10.0. The van der Waals surface area contributed by atoms with Gasteiger partial charge in [0.2, 0.25) is 5.91 Å². The Bertz CT molecular complexity index is 504. The van der Waals surface area contributed by atoms with Gasteiger partial charge in [-0.05, 0) is 36.8 Å². The molecule has 1 aliphatic rings. The first-order valence-electron chi connectivity index (χ1n) is 7.00. The van der Waals surface area contributed by atoms with E-state index in [1.807, 2.05) is 23.9 Å². The normalized spacial score (nSPS) is 15.4. The molecule has 0 saturated heterocycles. The lowest BCUT2D eigenvalue weighted by molar-refractivity contribution is -0.116. The Hall–Kier alpha value is -1.36. The summed E-state index contributed by atoms with van der Waals surface area (Å²) in [5.74, 6) is 1.16. The largest absolute Gasteiger partial charge is 0.397 e. The standard InChI is InChI=1S/C15H23N3OS/c1-4-11(9-20-3)18(2)14-8-13-10(7-12(14)16)5-6-15(19)17-13/h7-8,11H,4-6,9,16H2,1-3H3,(H,17,19). The summed E-state index contributed by atoms with van der Waals surface area (Å²) in [6.07, 6.45) is 4.51. The molecule has 0 saturated carbocycles. The third kappa shape index (κ3) is 3.03. The number of nitrogens with two attached hydrogens (primary N) is 1. The van der Waals surface area contributed by atoms with Crippen molar-refractivity contribution >= 4 is 34.7 Å². The number of hydrogen-bond acceptors (Lipinski definition) is 4. The van der Waals surface area contributed by atoms with Crippen LogP contribution in [0.25, 0.3) is 0 Å². The fourth-order valence-corrected chi connectivity index (χ4v) is 3.48. The average Bonchev–Trinajstić information content (AvgIpc) is 2.43. The SMILES string of the molecule is CCC(CSC)N(C)c1cc2c(cc1N)CCC(=O)N2. The smallest absolute Gasteiger partial charge is 0.224 e. The third-order valence-corrected chi connectivity index (χ3v) is 4.62. The summed E-state index contributed by atoms with van der Waals surface area (Å²) in [5.41, 5.74) is 10.1. The van der Waals surface area contributed by atoms with E-state index in [4.69, 9.17) is 5.73 Å². The minimum atomic E-state index is 0.0898. The van der Waals surface area contributed by atoms with E-state index >= 15 is 0 Å². The molecule has 1 aromatic carbocycles. The molecule has 5 heteroatoms. The molecule has 0 fully saturated rings. The number of amides is 1. The highest BCUT2D eigenvalue weighted by Crippen LogP contribution is 2.34. The van der Waals surface area contributed by atoms with Crippen molar-refractivity contribution in [2.45, 2.75) is 32.2 Å². The minimum Gasteiger partial charge on any atom is -0.397 e. The van der Waals surface area contributed by atoms with Gasteiger partial charge in [0.15, 0.2) is 0 Å². The zero-order chi connectivity index (χ0) is 14.7. The van der Waals surface area contributed by atoms with E-state index in [1.165, 1.54) is 0 Å². The Balaban J connectivity index is 2.31. The van der Waals surface area contributed by atoms with Crippen molar-refractivity contribution in [2.75, 3.05) is 35.0 Å². The monoisotopic (exact) mass is 293 g/mol. The fourth-order valence-electron chi connectivity index (χ4n) is 2.63. The van der Waals surface area contributed by atoms with Crippen molar-refractivity contribution in [3.63, 3.8) is 0 Å². The van der Waals surface area contributed by atoms with Crippen LogP contribution in [0, 0.1) is 0 Å². The first kappa shape index (κ1) is 15.0. The number of fused-ring (bicyclic) bond motifs is 1. The van der Waals surface area contributed by atoms with Crippen molar-refractivity contribution in [3.8, 4) is 0 Å². The zero-order valence-corrected chi connectivity index (χ0v) is 13.2. The number of rotatable bonds is 5. The number of hydrogen-bond donors (Lipinski definition) is 2. The Morgan fingerprint density at radius 2 is 2.20 bits per heavy atom. The van der Waals surface area contributed by atoms with Gasteiger partial charge < -0.3 is 16.0 Å². The second-order valence-corrected chi connectivity index (χ2v) is 6.16. The van der Waals surface area contributed by atoms with Crippen LogP contribution in [0.4, 0.5) is 17.1 Å². The molecule has 4 nitrogen and oxygen atoms in total. The first-order valence-corrected chi connectivity index (χ1v) is 8.40. The highest BCUT2D eigenvalue weighted by atomic mass is 32.2. The van der Waals surface area contributed by atoms with Crippen molar-refractivity contribution in [1.29, 1.82) is 0 Å². The Kier molecular flexibility index (Phi) is 4.81. The Morgan fingerprint density at radius 1 is 1.45 bits per heavy atom. The van der Waals surface area contributed by atoms with E-state index in [0.717, 1.165) is 41.2 Å². The second-order valence-electron chi connectivity index (χ2n) is 5.24. The minimum absolute atomic E-state index is 0.0898. The number of aryl methyl sites for hydroxylation is 1. The van der Waals surface area contributed by atoms with Gasteiger partial charge in [0.05, 0.1) is 11.4 Å². The van der Waals surface area contributed by atoms with Gasteiger partial charge in [-0.15, -0.1) is 0 Å². The predicted molar refractivity (Wildman–Crippen MR) is 88.7 cm³/mol. The van der Waals surface area contributed by atoms with Gasteiger partial charge in [-0.2, -0.15) is 11.8 Å². The van der Waals surface area contributed by atoms with Crippen LogP contribution in [0.1, 0.15) is 25.3 Å². The number of anilines is 3. The second kappa shape index (κ2) is 6.39. The molecule has 0 bridgehead atoms. The lowest BCUT2D eigenvalue weighted by Gasteiger charge is -2.31. The predicted octanol–water partition coefficient (Wildman–Crippen LogP) is 2.73. The van der Waals surface area contributed by atoms with E-state index < -0.39 is 0 Å². The molecule has 0 aliphatic carbocycles. The molecule has 0 radical (unpaired) electrons. The third-order valence-electron chi connectivity index (χ3n) is 3.91. The van der Waals surface area contributed by atoms with E-state index in [1.54, 1.807) is 0 Å². The summed E-state index contributed by atoms with van der Waals surface area (Å²) in [4.78, 5) is 13.8. The molecule has 20 heavy (non-hydrogen) atoms. The van der Waals surface area contributed by atoms with E-state index in [9.17, 15) is 4.79 Å². The van der Waals surface area contributed by atoms with Gasteiger partial charge in [-0.3, -0.25) is 4.79 Å². The molecule has 1 atom stereocenters. The zero-order valence-electron chi connectivity index (χ0n) is 12.4.